The molecule has 2 fully saturated rings. The monoisotopic (exact) mass is 234 g/mol. The highest BCUT2D eigenvalue weighted by molar-refractivity contribution is 4.91. The second kappa shape index (κ2) is 5.89. The average molecular weight is 234 g/mol. The number of alkyl halides is 2. The molecule has 1 saturated heterocycles. The van der Waals surface area contributed by atoms with E-state index in [1.807, 2.05) is 0 Å². The molecule has 0 amide bonds. The average Bonchev–Trinajstić information content (AvgIpc) is 2.99. The Morgan fingerprint density at radius 1 is 1.31 bits per heavy atom. The van der Waals surface area contributed by atoms with Crippen molar-refractivity contribution in [2.75, 3.05) is 32.8 Å². The first kappa shape index (κ1) is 12.2. The van der Waals surface area contributed by atoms with Crippen molar-refractivity contribution in [1.29, 1.82) is 0 Å². The van der Waals surface area contributed by atoms with Crippen molar-refractivity contribution in [3.05, 3.63) is 0 Å². The van der Waals surface area contributed by atoms with Crippen LogP contribution in [0.5, 0.6) is 0 Å². The fourth-order valence-electron chi connectivity index (χ4n) is 2.23. The van der Waals surface area contributed by atoms with Crippen LogP contribution in [-0.4, -0.2) is 56.3 Å². The largest absolute Gasteiger partial charge is 0.374 e. The van der Waals surface area contributed by atoms with Gasteiger partial charge in [-0.15, -0.1) is 0 Å². The van der Waals surface area contributed by atoms with Crippen LogP contribution in [0.1, 0.15) is 19.3 Å². The lowest BCUT2D eigenvalue weighted by Gasteiger charge is -2.15. The molecule has 1 aliphatic heterocycles. The topological polar surface area (TPSA) is 24.5 Å². The van der Waals surface area contributed by atoms with Crippen molar-refractivity contribution in [3.8, 4) is 0 Å². The van der Waals surface area contributed by atoms with Crippen LogP contribution in [0.2, 0.25) is 0 Å². The molecule has 1 heterocycles. The molecule has 0 aromatic rings. The van der Waals surface area contributed by atoms with E-state index in [-0.39, 0.29) is 0 Å². The van der Waals surface area contributed by atoms with Gasteiger partial charge < -0.3 is 10.1 Å². The van der Waals surface area contributed by atoms with E-state index in [1.165, 1.54) is 25.8 Å². The maximum Gasteiger partial charge on any atom is 0.261 e. The molecule has 0 spiro atoms. The standard InChI is InChI=1S/C11H20F2N2O/c12-11(13)8-16-6-4-14-9-3-5-15(7-9)10-1-2-10/h9-11,14H,1-8H2. The second-order valence-corrected chi connectivity index (χ2v) is 4.63. The van der Waals surface area contributed by atoms with Gasteiger partial charge in [0.1, 0.15) is 6.61 Å². The molecule has 2 rings (SSSR count). The van der Waals surface area contributed by atoms with Gasteiger partial charge in [0, 0.05) is 31.7 Å². The van der Waals surface area contributed by atoms with E-state index in [0.29, 0.717) is 19.2 Å². The molecule has 16 heavy (non-hydrogen) atoms. The van der Waals surface area contributed by atoms with E-state index < -0.39 is 13.0 Å². The summed E-state index contributed by atoms with van der Waals surface area (Å²) in [5.74, 6) is 0. The highest BCUT2D eigenvalue weighted by Crippen LogP contribution is 2.29. The highest BCUT2D eigenvalue weighted by Gasteiger charge is 2.33. The maximum atomic E-state index is 11.8. The minimum Gasteiger partial charge on any atom is -0.374 e. The van der Waals surface area contributed by atoms with Gasteiger partial charge in [-0.25, -0.2) is 8.78 Å². The summed E-state index contributed by atoms with van der Waals surface area (Å²) in [6.07, 6.45) is 1.52. The van der Waals surface area contributed by atoms with Gasteiger partial charge in [0.05, 0.1) is 6.61 Å². The molecule has 3 nitrogen and oxygen atoms in total. The van der Waals surface area contributed by atoms with Crippen molar-refractivity contribution in [2.24, 2.45) is 0 Å². The number of halogens is 2. The van der Waals surface area contributed by atoms with Crippen molar-refractivity contribution >= 4 is 0 Å². The smallest absolute Gasteiger partial charge is 0.261 e. The number of hydrogen-bond donors (Lipinski definition) is 1. The Hall–Kier alpha value is -0.260. The Bertz CT molecular complexity index is 212. The van der Waals surface area contributed by atoms with Crippen LogP contribution >= 0.6 is 0 Å². The molecule has 0 aromatic carbocycles. The molecule has 1 saturated carbocycles. The molecular formula is C11H20F2N2O. The fraction of sp³-hybridized carbons (Fsp3) is 1.00. The number of ether oxygens (including phenoxy) is 1. The first-order valence-corrected chi connectivity index (χ1v) is 6.09. The number of nitrogens with one attached hydrogen (secondary N) is 1. The zero-order chi connectivity index (χ0) is 11.4. The maximum absolute atomic E-state index is 11.8. The molecular weight excluding hydrogens is 214 g/mol. The third kappa shape index (κ3) is 3.96. The van der Waals surface area contributed by atoms with E-state index in [4.69, 9.17) is 4.74 Å². The lowest BCUT2D eigenvalue weighted by molar-refractivity contribution is 0.0182. The van der Waals surface area contributed by atoms with Crippen molar-refractivity contribution in [1.82, 2.24) is 10.2 Å². The molecule has 1 unspecified atom stereocenters. The van der Waals surface area contributed by atoms with Crippen molar-refractivity contribution < 1.29 is 13.5 Å². The van der Waals surface area contributed by atoms with Crippen LogP contribution in [0, 0.1) is 0 Å². The third-order valence-electron chi connectivity index (χ3n) is 3.21. The number of nitrogens with zero attached hydrogens (tertiary/aromatic N) is 1. The van der Waals surface area contributed by atoms with Crippen LogP contribution in [0.15, 0.2) is 0 Å². The van der Waals surface area contributed by atoms with Crippen LogP contribution in [-0.2, 0) is 4.74 Å². The predicted molar refractivity (Wildman–Crippen MR) is 57.8 cm³/mol. The molecule has 1 N–H and O–H groups in total. The summed E-state index contributed by atoms with van der Waals surface area (Å²) < 4.78 is 28.3. The van der Waals surface area contributed by atoms with Gasteiger partial charge in [0.25, 0.3) is 6.43 Å². The molecule has 0 radical (unpaired) electrons. The summed E-state index contributed by atoms with van der Waals surface area (Å²) in [6.45, 7) is 2.90. The van der Waals surface area contributed by atoms with Crippen molar-refractivity contribution in [3.63, 3.8) is 0 Å². The molecule has 0 aromatic heterocycles. The van der Waals surface area contributed by atoms with E-state index >= 15 is 0 Å². The Balaban J connectivity index is 1.47. The van der Waals surface area contributed by atoms with E-state index in [0.717, 1.165) is 12.6 Å². The van der Waals surface area contributed by atoms with Gasteiger partial charge in [0.15, 0.2) is 0 Å². The van der Waals surface area contributed by atoms with Gasteiger partial charge >= 0.3 is 0 Å². The van der Waals surface area contributed by atoms with E-state index in [2.05, 4.69) is 10.2 Å². The van der Waals surface area contributed by atoms with Gasteiger partial charge in [-0.1, -0.05) is 0 Å². The van der Waals surface area contributed by atoms with E-state index in [1.54, 1.807) is 0 Å². The molecule has 0 bridgehead atoms. The number of hydrogen-bond acceptors (Lipinski definition) is 3. The Morgan fingerprint density at radius 3 is 2.81 bits per heavy atom. The summed E-state index contributed by atoms with van der Waals surface area (Å²) in [7, 11) is 0. The normalized spacial score (nSPS) is 26.8. The van der Waals surface area contributed by atoms with Crippen LogP contribution in [0.25, 0.3) is 0 Å². The number of rotatable bonds is 7. The van der Waals surface area contributed by atoms with Crippen LogP contribution < -0.4 is 5.32 Å². The van der Waals surface area contributed by atoms with Gasteiger partial charge in [-0.05, 0) is 19.3 Å². The molecule has 2 aliphatic rings. The fourth-order valence-corrected chi connectivity index (χ4v) is 2.23. The lowest BCUT2D eigenvalue weighted by atomic mass is 10.3. The Morgan fingerprint density at radius 2 is 2.12 bits per heavy atom. The van der Waals surface area contributed by atoms with Gasteiger partial charge in [0.2, 0.25) is 0 Å². The highest BCUT2D eigenvalue weighted by atomic mass is 19.3. The van der Waals surface area contributed by atoms with Crippen molar-refractivity contribution in [2.45, 2.75) is 37.8 Å². The zero-order valence-electron chi connectivity index (χ0n) is 9.50. The first-order chi connectivity index (χ1) is 7.75. The third-order valence-corrected chi connectivity index (χ3v) is 3.21. The summed E-state index contributed by atoms with van der Waals surface area (Å²) in [5, 5.41) is 3.36. The minimum atomic E-state index is -2.35. The van der Waals surface area contributed by atoms with Gasteiger partial charge in [-0.2, -0.15) is 0 Å². The van der Waals surface area contributed by atoms with E-state index in [9.17, 15) is 8.78 Å². The molecule has 94 valence electrons. The predicted octanol–water partition coefficient (Wildman–Crippen LogP) is 1.09. The minimum absolute atomic E-state index is 0.379. The zero-order valence-corrected chi connectivity index (χ0v) is 9.50. The van der Waals surface area contributed by atoms with Crippen LogP contribution in [0.4, 0.5) is 8.78 Å². The lowest BCUT2D eigenvalue weighted by Crippen LogP contribution is -2.35. The van der Waals surface area contributed by atoms with Gasteiger partial charge in [-0.3, -0.25) is 4.90 Å². The Kier molecular flexibility index (Phi) is 4.49. The molecule has 5 heteroatoms. The first-order valence-electron chi connectivity index (χ1n) is 6.09. The Labute approximate surface area is 95.1 Å². The SMILES string of the molecule is FC(F)COCCNC1CCN(C2CC2)C1. The summed E-state index contributed by atoms with van der Waals surface area (Å²) >= 11 is 0. The quantitative estimate of drug-likeness (QED) is 0.667. The summed E-state index contributed by atoms with van der Waals surface area (Å²) in [6, 6.07) is 1.36. The second-order valence-electron chi connectivity index (χ2n) is 4.63. The summed E-state index contributed by atoms with van der Waals surface area (Å²) in [4.78, 5) is 2.53. The number of likely N-dealkylation sites (tertiary alicyclic amines) is 1. The molecule has 1 atom stereocenters. The molecule has 1 aliphatic carbocycles. The van der Waals surface area contributed by atoms with Crippen LogP contribution in [0.3, 0.4) is 0 Å². The summed E-state index contributed by atoms with van der Waals surface area (Å²) in [5.41, 5.74) is 0.